The summed E-state index contributed by atoms with van der Waals surface area (Å²) in [5, 5.41) is 0. The van der Waals surface area contributed by atoms with Gasteiger partial charge in [-0.25, -0.2) is 0 Å². The molecule has 0 saturated heterocycles. The molecule has 41 heavy (non-hydrogen) atoms. The van der Waals surface area contributed by atoms with Crippen molar-refractivity contribution in [2.75, 3.05) is 13.4 Å². The molecule has 1 aliphatic heterocycles. The zero-order valence-corrected chi connectivity index (χ0v) is 24.5. The van der Waals surface area contributed by atoms with Crippen LogP contribution in [0.2, 0.25) is 0 Å². The molecule has 6 rings (SSSR count). The molecular formula is C36H40O5. The highest BCUT2D eigenvalue weighted by Crippen LogP contribution is 2.51. The molecule has 3 aromatic rings. The van der Waals surface area contributed by atoms with E-state index in [9.17, 15) is 9.59 Å². The number of fused-ring (bicyclic) bond motifs is 2. The molecule has 0 radical (unpaired) electrons. The Morgan fingerprint density at radius 1 is 0.976 bits per heavy atom. The van der Waals surface area contributed by atoms with Crippen LogP contribution in [0.4, 0.5) is 0 Å². The van der Waals surface area contributed by atoms with Crippen molar-refractivity contribution >= 4 is 11.6 Å². The summed E-state index contributed by atoms with van der Waals surface area (Å²) in [7, 11) is 0. The largest absolute Gasteiger partial charge is 0.494 e. The van der Waals surface area contributed by atoms with E-state index in [2.05, 4.69) is 52.0 Å². The summed E-state index contributed by atoms with van der Waals surface area (Å²) in [5.74, 6) is 1.22. The lowest BCUT2D eigenvalue weighted by atomic mass is 9.58. The third-order valence-corrected chi connectivity index (χ3v) is 9.70. The zero-order valence-electron chi connectivity index (χ0n) is 24.5. The van der Waals surface area contributed by atoms with E-state index in [0.29, 0.717) is 35.3 Å². The molecule has 3 aliphatic rings. The minimum absolute atomic E-state index is 0.0745. The number of rotatable bonds is 8. The van der Waals surface area contributed by atoms with Crippen molar-refractivity contribution < 1.29 is 23.8 Å². The molecule has 0 spiro atoms. The van der Waals surface area contributed by atoms with Gasteiger partial charge in [0.25, 0.3) is 0 Å². The van der Waals surface area contributed by atoms with Gasteiger partial charge in [0, 0.05) is 17.4 Å². The fraction of sp³-hybridized carbons (Fsp3) is 0.444. The molecule has 0 N–H and O–H groups in total. The van der Waals surface area contributed by atoms with E-state index >= 15 is 0 Å². The normalized spacial score (nSPS) is 25.2. The lowest BCUT2D eigenvalue weighted by Gasteiger charge is -2.45. The van der Waals surface area contributed by atoms with Gasteiger partial charge >= 0.3 is 0 Å². The number of hydrogen-bond donors (Lipinski definition) is 0. The van der Waals surface area contributed by atoms with Crippen molar-refractivity contribution in [1.82, 2.24) is 0 Å². The van der Waals surface area contributed by atoms with E-state index in [1.165, 1.54) is 5.56 Å². The van der Waals surface area contributed by atoms with Gasteiger partial charge in [-0.3, -0.25) is 9.59 Å². The van der Waals surface area contributed by atoms with Crippen LogP contribution >= 0.6 is 0 Å². The highest BCUT2D eigenvalue weighted by molar-refractivity contribution is 6.16. The Balaban J connectivity index is 1.42. The standard InChI is InChI=1S/C36H40O5/c1-5-17-39-25-13-14-26-27(20-25)34(37)33(32(26)23-12-16-30-31(19-23)41-21-40-30)35(38)28-18-22(2)11-15-29(28)36(3,4)24-9-7-6-8-10-24/h6-10,12-14,16,19-20,22,28-29,32-33H,5,11,15,17-18,21H2,1-4H3/t22?,28?,29?,32-,33+/m0/s1. The minimum Gasteiger partial charge on any atom is -0.494 e. The first-order chi connectivity index (χ1) is 19.8. The molecule has 0 bridgehead atoms. The topological polar surface area (TPSA) is 61.8 Å². The second-order valence-electron chi connectivity index (χ2n) is 12.7. The Bertz CT molecular complexity index is 1440. The Morgan fingerprint density at radius 2 is 1.76 bits per heavy atom. The van der Waals surface area contributed by atoms with Crippen molar-refractivity contribution in [2.45, 2.75) is 64.7 Å². The molecule has 5 atom stereocenters. The highest BCUT2D eigenvalue weighted by Gasteiger charge is 2.51. The minimum atomic E-state index is -0.781. The second kappa shape index (κ2) is 11.0. The predicted octanol–water partition coefficient (Wildman–Crippen LogP) is 7.75. The number of ether oxygens (including phenoxy) is 3. The van der Waals surface area contributed by atoms with Crippen LogP contribution in [0.1, 0.15) is 86.3 Å². The Labute approximate surface area is 243 Å². The molecule has 1 heterocycles. The van der Waals surface area contributed by atoms with E-state index in [1.54, 1.807) is 0 Å². The lowest BCUT2D eigenvalue weighted by Crippen LogP contribution is -2.44. The van der Waals surface area contributed by atoms with Crippen LogP contribution in [-0.4, -0.2) is 25.0 Å². The van der Waals surface area contributed by atoms with Crippen LogP contribution in [0.5, 0.6) is 17.2 Å². The molecule has 5 heteroatoms. The van der Waals surface area contributed by atoms with Gasteiger partial charge < -0.3 is 14.2 Å². The fourth-order valence-corrected chi connectivity index (χ4v) is 7.47. The monoisotopic (exact) mass is 552 g/mol. The van der Waals surface area contributed by atoms with E-state index in [0.717, 1.165) is 36.8 Å². The number of carbonyl (C=O) groups excluding carboxylic acids is 2. The first-order valence-electron chi connectivity index (χ1n) is 15.1. The highest BCUT2D eigenvalue weighted by atomic mass is 16.7. The van der Waals surface area contributed by atoms with E-state index in [-0.39, 0.29) is 41.5 Å². The molecule has 2 aliphatic carbocycles. The molecule has 0 aromatic heterocycles. The second-order valence-corrected chi connectivity index (χ2v) is 12.7. The summed E-state index contributed by atoms with van der Waals surface area (Å²) in [6.45, 7) is 9.58. The Kier molecular flexibility index (Phi) is 7.39. The van der Waals surface area contributed by atoms with Gasteiger partial charge in [-0.05, 0) is 77.5 Å². The average molecular weight is 553 g/mol. The maximum absolute atomic E-state index is 14.9. The Morgan fingerprint density at radius 3 is 2.54 bits per heavy atom. The molecule has 3 unspecified atom stereocenters. The first-order valence-corrected chi connectivity index (χ1v) is 15.1. The maximum Gasteiger partial charge on any atom is 0.231 e. The average Bonchev–Trinajstić information content (AvgIpc) is 3.57. The van der Waals surface area contributed by atoms with Gasteiger partial charge in [0.15, 0.2) is 17.3 Å². The van der Waals surface area contributed by atoms with Crippen LogP contribution in [0.15, 0.2) is 66.7 Å². The van der Waals surface area contributed by atoms with Crippen molar-refractivity contribution in [3.63, 3.8) is 0 Å². The summed E-state index contributed by atoms with van der Waals surface area (Å²) in [4.78, 5) is 29.2. The van der Waals surface area contributed by atoms with Gasteiger partial charge in [-0.2, -0.15) is 0 Å². The maximum atomic E-state index is 14.9. The predicted molar refractivity (Wildman–Crippen MR) is 159 cm³/mol. The molecule has 0 amide bonds. The molecular weight excluding hydrogens is 512 g/mol. The molecule has 214 valence electrons. The fourth-order valence-electron chi connectivity index (χ4n) is 7.47. The van der Waals surface area contributed by atoms with Gasteiger partial charge in [-0.15, -0.1) is 0 Å². The smallest absolute Gasteiger partial charge is 0.231 e. The molecule has 1 fully saturated rings. The van der Waals surface area contributed by atoms with Crippen LogP contribution in [-0.2, 0) is 10.2 Å². The number of hydrogen-bond acceptors (Lipinski definition) is 5. The third-order valence-electron chi connectivity index (χ3n) is 9.70. The van der Waals surface area contributed by atoms with Crippen molar-refractivity contribution in [3.8, 4) is 17.2 Å². The quantitative estimate of drug-likeness (QED) is 0.267. The van der Waals surface area contributed by atoms with Crippen molar-refractivity contribution in [1.29, 1.82) is 0 Å². The summed E-state index contributed by atoms with van der Waals surface area (Å²) >= 11 is 0. The summed E-state index contributed by atoms with van der Waals surface area (Å²) in [5.41, 5.74) is 3.43. The van der Waals surface area contributed by atoms with E-state index in [4.69, 9.17) is 14.2 Å². The van der Waals surface area contributed by atoms with Gasteiger partial charge in [0.2, 0.25) is 6.79 Å². The number of benzene rings is 3. The van der Waals surface area contributed by atoms with Crippen molar-refractivity contribution in [2.24, 2.45) is 23.7 Å². The summed E-state index contributed by atoms with van der Waals surface area (Å²) in [6.07, 6.45) is 3.74. The van der Waals surface area contributed by atoms with Crippen LogP contribution in [0, 0.1) is 23.7 Å². The third kappa shape index (κ3) is 4.94. The number of Topliss-reactive ketones (excluding diaryl/α,β-unsaturated/α-hetero) is 2. The molecule has 1 saturated carbocycles. The number of carbonyl (C=O) groups is 2. The van der Waals surface area contributed by atoms with E-state index in [1.807, 2.05) is 42.5 Å². The number of ketones is 2. The lowest BCUT2D eigenvalue weighted by molar-refractivity contribution is -0.130. The summed E-state index contributed by atoms with van der Waals surface area (Å²) in [6, 6.07) is 22.1. The Hall–Kier alpha value is -3.60. The van der Waals surface area contributed by atoms with Gasteiger partial charge in [-0.1, -0.05) is 76.6 Å². The van der Waals surface area contributed by atoms with E-state index < -0.39 is 5.92 Å². The van der Waals surface area contributed by atoms with Crippen LogP contribution in [0.25, 0.3) is 0 Å². The molecule has 5 nitrogen and oxygen atoms in total. The van der Waals surface area contributed by atoms with Crippen molar-refractivity contribution in [3.05, 3.63) is 89.0 Å². The van der Waals surface area contributed by atoms with Crippen LogP contribution in [0.3, 0.4) is 0 Å². The SMILES string of the molecule is CCCOc1ccc2c(c1)C(=O)[C@H](C(=O)C1CC(C)CCC1C(C)(C)c1ccccc1)[C@H]2c1ccc2c(c1)OCO2. The van der Waals surface area contributed by atoms with Gasteiger partial charge in [0.1, 0.15) is 11.5 Å². The summed E-state index contributed by atoms with van der Waals surface area (Å²) < 4.78 is 17.2. The molecule has 3 aromatic carbocycles. The van der Waals surface area contributed by atoms with Crippen LogP contribution < -0.4 is 14.2 Å². The zero-order chi connectivity index (χ0) is 28.7. The first kappa shape index (κ1) is 27.6. The van der Waals surface area contributed by atoms with Gasteiger partial charge in [0.05, 0.1) is 12.5 Å².